The number of amides is 3. The fraction of sp³-hybridized carbons (Fsp3) is 0.500. The van der Waals surface area contributed by atoms with Gasteiger partial charge in [0, 0.05) is 30.0 Å². The van der Waals surface area contributed by atoms with Crippen molar-refractivity contribution in [1.29, 1.82) is 0 Å². The van der Waals surface area contributed by atoms with Crippen LogP contribution in [-0.4, -0.2) is 67.7 Å². The van der Waals surface area contributed by atoms with Gasteiger partial charge in [-0.1, -0.05) is 0 Å². The van der Waals surface area contributed by atoms with Gasteiger partial charge in [0.25, 0.3) is 0 Å². The predicted molar refractivity (Wildman–Crippen MR) is 104 cm³/mol. The van der Waals surface area contributed by atoms with Gasteiger partial charge in [0.1, 0.15) is 12.1 Å². The van der Waals surface area contributed by atoms with Crippen LogP contribution in [0.15, 0.2) is 12.1 Å². The third-order valence-corrected chi connectivity index (χ3v) is 5.71. The third kappa shape index (κ3) is 3.96. The molecule has 10 heteroatoms. The molecule has 2 heterocycles. The van der Waals surface area contributed by atoms with Crippen molar-refractivity contribution < 1.29 is 28.6 Å². The molecule has 1 aromatic rings. The number of nitrogens with one attached hydrogen (secondary N) is 2. The lowest BCUT2D eigenvalue weighted by atomic mass is 10.1. The third-order valence-electron chi connectivity index (χ3n) is 4.69. The molecule has 0 bridgehead atoms. The van der Waals surface area contributed by atoms with Gasteiger partial charge in [-0.15, -0.1) is 11.8 Å². The first-order valence-electron chi connectivity index (χ1n) is 8.77. The Labute approximate surface area is 167 Å². The van der Waals surface area contributed by atoms with Crippen LogP contribution in [0.1, 0.15) is 12.8 Å². The summed E-state index contributed by atoms with van der Waals surface area (Å²) in [6.45, 7) is 0. The van der Waals surface area contributed by atoms with Crippen LogP contribution < -0.4 is 24.8 Å². The van der Waals surface area contributed by atoms with Gasteiger partial charge in [-0.2, -0.15) is 0 Å². The van der Waals surface area contributed by atoms with Gasteiger partial charge in [0.2, 0.25) is 23.5 Å². The van der Waals surface area contributed by atoms with E-state index < -0.39 is 12.1 Å². The van der Waals surface area contributed by atoms with Gasteiger partial charge in [0.15, 0.2) is 11.5 Å². The smallest absolute Gasteiger partial charge is 0.248 e. The first kappa shape index (κ1) is 20.1. The number of anilines is 1. The van der Waals surface area contributed by atoms with E-state index in [9.17, 15) is 14.4 Å². The van der Waals surface area contributed by atoms with Crippen molar-refractivity contribution in [3.8, 4) is 17.2 Å². The Morgan fingerprint density at radius 2 is 1.86 bits per heavy atom. The number of ether oxygens (including phenoxy) is 3. The molecule has 0 unspecified atom stereocenters. The minimum atomic E-state index is -0.617. The lowest BCUT2D eigenvalue weighted by molar-refractivity contribution is -0.138. The molecule has 28 heavy (non-hydrogen) atoms. The molecule has 2 fully saturated rings. The van der Waals surface area contributed by atoms with E-state index in [-0.39, 0.29) is 17.7 Å². The Kier molecular flexibility index (Phi) is 6.18. The lowest BCUT2D eigenvalue weighted by Crippen LogP contribution is -2.50. The second-order valence-corrected chi connectivity index (χ2v) is 7.39. The molecule has 2 saturated heterocycles. The number of nitrogens with zero attached hydrogens (tertiary/aromatic N) is 1. The van der Waals surface area contributed by atoms with Crippen LogP contribution in [0.4, 0.5) is 5.69 Å². The quantitative estimate of drug-likeness (QED) is 0.717. The van der Waals surface area contributed by atoms with Crippen LogP contribution in [0.3, 0.4) is 0 Å². The highest BCUT2D eigenvalue weighted by Crippen LogP contribution is 2.40. The van der Waals surface area contributed by atoms with Crippen molar-refractivity contribution in [2.24, 2.45) is 0 Å². The fourth-order valence-corrected chi connectivity index (χ4v) is 4.42. The molecule has 0 aliphatic carbocycles. The topological polar surface area (TPSA) is 106 Å². The van der Waals surface area contributed by atoms with Crippen LogP contribution in [-0.2, 0) is 14.4 Å². The maximum absolute atomic E-state index is 12.8. The molecule has 2 aliphatic heterocycles. The minimum absolute atomic E-state index is 0.136. The molecule has 2 atom stereocenters. The number of rotatable bonds is 6. The summed E-state index contributed by atoms with van der Waals surface area (Å²) in [5, 5.41) is 5.48. The molecule has 0 radical (unpaired) electrons. The molecular weight excluding hydrogens is 386 g/mol. The van der Waals surface area contributed by atoms with Crippen molar-refractivity contribution in [3.63, 3.8) is 0 Å². The average molecular weight is 409 g/mol. The molecule has 3 amide bonds. The molecule has 2 N–H and O–H groups in total. The van der Waals surface area contributed by atoms with Crippen molar-refractivity contribution in [3.05, 3.63) is 12.1 Å². The highest BCUT2D eigenvalue weighted by molar-refractivity contribution is 7.99. The van der Waals surface area contributed by atoms with E-state index in [2.05, 4.69) is 10.6 Å². The Morgan fingerprint density at radius 1 is 1.18 bits per heavy atom. The SMILES string of the molecule is COc1cc(NC(=O)[C@H]2CSCN2C(=O)[C@H]2CCC(=O)N2)cc(OC)c1OC. The van der Waals surface area contributed by atoms with Crippen LogP contribution in [0.2, 0.25) is 0 Å². The second-order valence-electron chi connectivity index (χ2n) is 6.39. The zero-order chi connectivity index (χ0) is 20.3. The van der Waals surface area contributed by atoms with E-state index >= 15 is 0 Å². The van der Waals surface area contributed by atoms with Crippen molar-refractivity contribution in [2.75, 3.05) is 38.3 Å². The number of hydrogen-bond acceptors (Lipinski definition) is 7. The van der Waals surface area contributed by atoms with Crippen molar-refractivity contribution in [2.45, 2.75) is 24.9 Å². The predicted octanol–water partition coefficient (Wildman–Crippen LogP) is 0.831. The molecule has 2 aliphatic rings. The first-order valence-corrected chi connectivity index (χ1v) is 9.92. The Hall–Kier alpha value is -2.62. The van der Waals surface area contributed by atoms with E-state index in [0.717, 1.165) is 0 Å². The Balaban J connectivity index is 1.75. The van der Waals surface area contributed by atoms with Gasteiger partial charge in [-0.05, 0) is 6.42 Å². The molecule has 0 saturated carbocycles. The number of thioether (sulfide) groups is 1. The van der Waals surface area contributed by atoms with E-state index in [1.165, 1.54) is 38.0 Å². The average Bonchev–Trinajstić information content (AvgIpc) is 3.35. The summed E-state index contributed by atoms with van der Waals surface area (Å²) in [5.41, 5.74) is 0.470. The molecule has 152 valence electrons. The molecule has 0 spiro atoms. The summed E-state index contributed by atoms with van der Waals surface area (Å²) >= 11 is 1.50. The van der Waals surface area contributed by atoms with Gasteiger partial charge in [0.05, 0.1) is 27.2 Å². The molecule has 1 aromatic carbocycles. The van der Waals surface area contributed by atoms with E-state index in [4.69, 9.17) is 14.2 Å². The zero-order valence-corrected chi connectivity index (χ0v) is 16.8. The highest BCUT2D eigenvalue weighted by atomic mass is 32.2. The van der Waals surface area contributed by atoms with Crippen LogP contribution in [0.5, 0.6) is 17.2 Å². The number of benzene rings is 1. The van der Waals surface area contributed by atoms with Crippen LogP contribution in [0, 0.1) is 0 Å². The number of carbonyl (C=O) groups is 3. The molecular formula is C18H23N3O6S. The second kappa shape index (κ2) is 8.59. The van der Waals surface area contributed by atoms with E-state index in [0.29, 0.717) is 47.4 Å². The monoisotopic (exact) mass is 409 g/mol. The Morgan fingerprint density at radius 3 is 2.39 bits per heavy atom. The largest absolute Gasteiger partial charge is 0.493 e. The normalized spacial score (nSPS) is 21.2. The van der Waals surface area contributed by atoms with E-state index in [1.54, 1.807) is 12.1 Å². The van der Waals surface area contributed by atoms with Crippen LogP contribution >= 0.6 is 11.8 Å². The van der Waals surface area contributed by atoms with Crippen LogP contribution in [0.25, 0.3) is 0 Å². The lowest BCUT2D eigenvalue weighted by Gasteiger charge is -2.26. The molecule has 0 aromatic heterocycles. The number of hydrogen-bond donors (Lipinski definition) is 2. The maximum Gasteiger partial charge on any atom is 0.248 e. The van der Waals surface area contributed by atoms with Gasteiger partial charge in [-0.25, -0.2) is 0 Å². The van der Waals surface area contributed by atoms with Crippen molar-refractivity contribution in [1.82, 2.24) is 10.2 Å². The summed E-state index contributed by atoms with van der Waals surface area (Å²) in [5.74, 6) is 1.50. The summed E-state index contributed by atoms with van der Waals surface area (Å²) < 4.78 is 15.9. The van der Waals surface area contributed by atoms with Gasteiger partial charge >= 0.3 is 0 Å². The summed E-state index contributed by atoms with van der Waals surface area (Å²) in [6.07, 6.45) is 0.791. The van der Waals surface area contributed by atoms with Gasteiger partial charge < -0.3 is 29.7 Å². The Bertz CT molecular complexity index is 762. The minimum Gasteiger partial charge on any atom is -0.493 e. The fourth-order valence-electron chi connectivity index (χ4n) is 3.26. The van der Waals surface area contributed by atoms with E-state index in [1.807, 2.05) is 0 Å². The summed E-state index contributed by atoms with van der Waals surface area (Å²) in [4.78, 5) is 38.5. The number of methoxy groups -OCH3 is 3. The highest BCUT2D eigenvalue weighted by Gasteiger charge is 2.39. The van der Waals surface area contributed by atoms with Crippen molar-refractivity contribution >= 4 is 35.2 Å². The molecule has 9 nitrogen and oxygen atoms in total. The summed E-state index contributed by atoms with van der Waals surface area (Å²) in [6, 6.07) is 2.09. The standard InChI is InChI=1S/C18H23N3O6S/c1-25-13-6-10(7-14(26-2)16(13)27-3)19-17(23)12-8-28-9-21(12)18(24)11-4-5-15(22)20-11/h6-7,11-12H,4-5,8-9H2,1-3H3,(H,19,23)(H,20,22)/t11-,12-/m1/s1. The summed E-state index contributed by atoms with van der Waals surface area (Å²) in [7, 11) is 4.49. The zero-order valence-electron chi connectivity index (χ0n) is 15.9. The maximum atomic E-state index is 12.8. The number of carbonyl (C=O) groups excluding carboxylic acids is 3. The molecule has 3 rings (SSSR count). The van der Waals surface area contributed by atoms with Gasteiger partial charge in [-0.3, -0.25) is 14.4 Å². The first-order chi connectivity index (χ1) is 13.5.